The number of anilines is 2. The van der Waals surface area contributed by atoms with Crippen LogP contribution in [0.15, 0.2) is 22.5 Å². The number of ether oxygens (including phenoxy) is 2. The van der Waals surface area contributed by atoms with Crippen molar-refractivity contribution in [2.24, 2.45) is 0 Å². The Morgan fingerprint density at radius 3 is 2.86 bits per heavy atom. The molecule has 0 spiro atoms. The van der Waals surface area contributed by atoms with Crippen LogP contribution in [0.4, 0.5) is 10.8 Å². The van der Waals surface area contributed by atoms with Crippen LogP contribution in [0.1, 0.15) is 0 Å². The van der Waals surface area contributed by atoms with Crippen LogP contribution in [0.25, 0.3) is 0 Å². The molecule has 0 fully saturated rings. The van der Waals surface area contributed by atoms with E-state index in [0.29, 0.717) is 26.7 Å². The van der Waals surface area contributed by atoms with E-state index in [9.17, 15) is 4.79 Å². The lowest BCUT2D eigenvalue weighted by Crippen LogP contribution is -1.96. The van der Waals surface area contributed by atoms with Crippen molar-refractivity contribution in [1.29, 1.82) is 0 Å². The van der Waals surface area contributed by atoms with Gasteiger partial charge in [-0.2, -0.15) is 0 Å². The van der Waals surface area contributed by atoms with Crippen molar-refractivity contribution in [3.05, 3.63) is 18.2 Å². The number of hydrogen-bond donors (Lipinski definition) is 2. The van der Waals surface area contributed by atoms with Crippen LogP contribution in [0.3, 0.4) is 0 Å². The number of hydrogen-bond acceptors (Lipinski definition) is 8. The van der Waals surface area contributed by atoms with E-state index in [2.05, 4.69) is 15.5 Å². The Morgan fingerprint density at radius 2 is 2.19 bits per heavy atom. The zero-order valence-corrected chi connectivity index (χ0v) is 13.0. The lowest BCUT2D eigenvalue weighted by Gasteiger charge is -2.10. The molecule has 112 valence electrons. The van der Waals surface area contributed by atoms with Crippen molar-refractivity contribution in [1.82, 2.24) is 10.2 Å². The average Bonchev–Trinajstić information content (AvgIpc) is 2.92. The van der Waals surface area contributed by atoms with Crippen LogP contribution in [-0.2, 0) is 4.79 Å². The van der Waals surface area contributed by atoms with Crippen LogP contribution in [0, 0.1) is 0 Å². The van der Waals surface area contributed by atoms with Crippen LogP contribution in [-0.4, -0.2) is 41.2 Å². The molecule has 2 aromatic rings. The fraction of sp³-hybridized carbons (Fsp3) is 0.250. The standard InChI is InChI=1S/C12H13N3O4S2/c1-18-7-3-4-9(19-2)8(5-7)13-11-14-15-12(21-11)20-6-10(16)17/h3-5H,6H2,1-2H3,(H,13,14)(H,16,17). The van der Waals surface area contributed by atoms with Gasteiger partial charge in [0, 0.05) is 6.07 Å². The first-order valence-electron chi connectivity index (χ1n) is 5.79. The summed E-state index contributed by atoms with van der Waals surface area (Å²) in [6.45, 7) is 0. The largest absolute Gasteiger partial charge is 0.497 e. The summed E-state index contributed by atoms with van der Waals surface area (Å²) < 4.78 is 11.0. The Labute approximate surface area is 129 Å². The highest BCUT2D eigenvalue weighted by Crippen LogP contribution is 2.33. The number of benzene rings is 1. The van der Waals surface area contributed by atoms with E-state index in [1.807, 2.05) is 0 Å². The SMILES string of the molecule is COc1ccc(OC)c(Nc2nnc(SCC(=O)O)s2)c1. The van der Waals surface area contributed by atoms with Gasteiger partial charge >= 0.3 is 5.97 Å². The first-order valence-corrected chi connectivity index (χ1v) is 7.59. The summed E-state index contributed by atoms with van der Waals surface area (Å²) in [5.74, 6) is 0.394. The molecular weight excluding hydrogens is 314 g/mol. The molecule has 0 saturated heterocycles. The summed E-state index contributed by atoms with van der Waals surface area (Å²) in [5.41, 5.74) is 0.697. The monoisotopic (exact) mass is 327 g/mol. The maximum atomic E-state index is 10.5. The normalized spacial score (nSPS) is 10.2. The van der Waals surface area contributed by atoms with Gasteiger partial charge in [-0.15, -0.1) is 10.2 Å². The van der Waals surface area contributed by atoms with Crippen molar-refractivity contribution in [2.75, 3.05) is 25.3 Å². The van der Waals surface area contributed by atoms with E-state index in [1.165, 1.54) is 11.3 Å². The first kappa shape index (κ1) is 15.4. The first-order chi connectivity index (χ1) is 10.1. The number of carboxylic acid groups (broad SMARTS) is 1. The highest BCUT2D eigenvalue weighted by atomic mass is 32.2. The van der Waals surface area contributed by atoms with E-state index in [4.69, 9.17) is 14.6 Å². The van der Waals surface area contributed by atoms with E-state index >= 15 is 0 Å². The zero-order chi connectivity index (χ0) is 15.2. The maximum absolute atomic E-state index is 10.5. The minimum absolute atomic E-state index is 0.0445. The van der Waals surface area contributed by atoms with Gasteiger partial charge in [0.25, 0.3) is 0 Å². The Morgan fingerprint density at radius 1 is 1.38 bits per heavy atom. The second kappa shape index (κ2) is 7.14. The van der Waals surface area contributed by atoms with Gasteiger partial charge in [-0.3, -0.25) is 4.79 Å². The van der Waals surface area contributed by atoms with Crippen LogP contribution in [0.2, 0.25) is 0 Å². The molecule has 0 aliphatic carbocycles. The lowest BCUT2D eigenvalue weighted by molar-refractivity contribution is -0.133. The van der Waals surface area contributed by atoms with Crippen LogP contribution in [0.5, 0.6) is 11.5 Å². The highest BCUT2D eigenvalue weighted by molar-refractivity contribution is 8.01. The molecule has 21 heavy (non-hydrogen) atoms. The molecule has 0 amide bonds. The fourth-order valence-corrected chi connectivity index (χ4v) is 2.95. The molecule has 1 aromatic carbocycles. The third-order valence-corrected chi connectivity index (χ3v) is 4.33. The van der Waals surface area contributed by atoms with Gasteiger partial charge in [0.05, 0.1) is 25.7 Å². The van der Waals surface area contributed by atoms with Gasteiger partial charge in [-0.1, -0.05) is 23.1 Å². The van der Waals surface area contributed by atoms with Gasteiger partial charge in [0.2, 0.25) is 5.13 Å². The number of nitrogens with one attached hydrogen (secondary N) is 1. The topological polar surface area (TPSA) is 93.6 Å². The molecule has 0 aliphatic heterocycles. The summed E-state index contributed by atoms with van der Waals surface area (Å²) in [5, 5.41) is 20.2. The van der Waals surface area contributed by atoms with Crippen molar-refractivity contribution in [3.63, 3.8) is 0 Å². The summed E-state index contributed by atoms with van der Waals surface area (Å²) in [7, 11) is 3.15. The molecule has 0 aliphatic rings. The Bertz CT molecular complexity index is 633. The van der Waals surface area contributed by atoms with E-state index in [1.54, 1.807) is 32.4 Å². The van der Waals surface area contributed by atoms with Gasteiger partial charge in [-0.25, -0.2) is 0 Å². The van der Waals surface area contributed by atoms with Gasteiger partial charge in [-0.05, 0) is 12.1 Å². The fourth-order valence-electron chi connectivity index (χ4n) is 1.47. The molecule has 1 heterocycles. The number of methoxy groups -OCH3 is 2. The second-order valence-electron chi connectivity index (χ2n) is 3.75. The van der Waals surface area contributed by atoms with E-state index < -0.39 is 5.97 Å². The summed E-state index contributed by atoms with van der Waals surface area (Å²) >= 11 is 2.40. The van der Waals surface area contributed by atoms with E-state index in [0.717, 1.165) is 11.8 Å². The number of nitrogens with zero attached hydrogens (tertiary/aromatic N) is 2. The molecule has 2 N–H and O–H groups in total. The Kier molecular flexibility index (Phi) is 5.23. The molecule has 2 rings (SSSR count). The van der Waals surface area contributed by atoms with Crippen molar-refractivity contribution >= 4 is 39.9 Å². The van der Waals surface area contributed by atoms with Crippen LogP contribution < -0.4 is 14.8 Å². The number of carboxylic acids is 1. The average molecular weight is 327 g/mol. The molecule has 0 radical (unpaired) electrons. The van der Waals surface area contributed by atoms with Crippen LogP contribution >= 0.6 is 23.1 Å². The Hall–Kier alpha value is -2.00. The number of carbonyl (C=O) groups is 1. The summed E-state index contributed by atoms with van der Waals surface area (Å²) in [6, 6.07) is 5.35. The molecule has 9 heteroatoms. The molecular formula is C12H13N3O4S2. The van der Waals surface area contributed by atoms with Crippen molar-refractivity contribution < 1.29 is 19.4 Å². The molecule has 7 nitrogen and oxygen atoms in total. The van der Waals surface area contributed by atoms with Gasteiger partial charge in [0.15, 0.2) is 4.34 Å². The number of aromatic nitrogens is 2. The Balaban J connectivity index is 2.12. The minimum atomic E-state index is -0.890. The molecule has 0 atom stereocenters. The molecule has 0 bridgehead atoms. The van der Waals surface area contributed by atoms with Crippen molar-refractivity contribution in [2.45, 2.75) is 4.34 Å². The second-order valence-corrected chi connectivity index (χ2v) is 5.95. The summed E-state index contributed by atoms with van der Waals surface area (Å²) in [4.78, 5) is 10.5. The van der Waals surface area contributed by atoms with Gasteiger partial charge < -0.3 is 19.9 Å². The van der Waals surface area contributed by atoms with Crippen molar-refractivity contribution in [3.8, 4) is 11.5 Å². The molecule has 0 unspecified atom stereocenters. The van der Waals surface area contributed by atoms with E-state index in [-0.39, 0.29) is 5.75 Å². The number of rotatable bonds is 7. The molecule has 1 aromatic heterocycles. The lowest BCUT2D eigenvalue weighted by atomic mass is 10.3. The predicted molar refractivity (Wildman–Crippen MR) is 81.1 cm³/mol. The zero-order valence-electron chi connectivity index (χ0n) is 11.3. The third kappa shape index (κ3) is 4.23. The van der Waals surface area contributed by atoms with Gasteiger partial charge in [0.1, 0.15) is 11.5 Å². The summed E-state index contributed by atoms with van der Waals surface area (Å²) in [6.07, 6.45) is 0. The number of thioether (sulfide) groups is 1. The number of aliphatic carboxylic acids is 1. The molecule has 0 saturated carbocycles. The third-order valence-electron chi connectivity index (χ3n) is 2.37. The highest BCUT2D eigenvalue weighted by Gasteiger charge is 2.10. The predicted octanol–water partition coefficient (Wildman–Crippen LogP) is 2.48. The minimum Gasteiger partial charge on any atom is -0.497 e. The maximum Gasteiger partial charge on any atom is 0.313 e. The quantitative estimate of drug-likeness (QED) is 0.749. The smallest absolute Gasteiger partial charge is 0.313 e.